The van der Waals surface area contributed by atoms with E-state index < -0.39 is 11.6 Å². The fraction of sp³-hybridized carbons (Fsp3) is 0.667. The molecular formula is C15H22N4O2. The van der Waals surface area contributed by atoms with Crippen LogP contribution >= 0.6 is 0 Å². The van der Waals surface area contributed by atoms with E-state index in [9.17, 15) is 9.59 Å². The number of hydrogen-bond donors (Lipinski definition) is 1. The van der Waals surface area contributed by atoms with Gasteiger partial charge in [0.1, 0.15) is 11.6 Å². The molecule has 1 aromatic heterocycles. The molecule has 1 spiro atoms. The van der Waals surface area contributed by atoms with E-state index in [1.807, 2.05) is 13.2 Å². The number of aryl methyl sites for hydroxylation is 1. The number of amides is 2. The summed E-state index contributed by atoms with van der Waals surface area (Å²) in [6.45, 7) is 2.22. The molecular weight excluding hydrogens is 268 g/mol. The number of carbonyl (C=O) groups is 2. The maximum absolute atomic E-state index is 12.6. The second kappa shape index (κ2) is 5.16. The highest BCUT2D eigenvalue weighted by Gasteiger charge is 2.51. The average molecular weight is 290 g/mol. The lowest BCUT2D eigenvalue weighted by Gasteiger charge is -2.49. The minimum atomic E-state index is -0.655. The Hall–Kier alpha value is -1.85. The first-order valence-corrected chi connectivity index (χ1v) is 7.63. The number of piperazine rings is 1. The summed E-state index contributed by atoms with van der Waals surface area (Å²) in [6.07, 6.45) is 8.33. The fourth-order valence-corrected chi connectivity index (χ4v) is 3.56. The maximum Gasteiger partial charge on any atom is 0.246 e. The molecule has 1 saturated heterocycles. The Balaban J connectivity index is 1.93. The molecule has 21 heavy (non-hydrogen) atoms. The SMILES string of the molecule is CC1NC(=O)C2(CCCCC2)N(Cc2cnn(C)c2)C1=O. The summed E-state index contributed by atoms with van der Waals surface area (Å²) < 4.78 is 1.72. The highest BCUT2D eigenvalue weighted by atomic mass is 16.2. The van der Waals surface area contributed by atoms with Crippen molar-refractivity contribution in [1.82, 2.24) is 20.0 Å². The summed E-state index contributed by atoms with van der Waals surface area (Å²) in [4.78, 5) is 27.0. The standard InChI is InChI=1S/C15H22N4O2/c1-11-13(20)19(10-12-8-16-18(2)9-12)15(14(21)17-11)6-4-3-5-7-15/h8-9,11H,3-7,10H2,1-2H3,(H,17,21). The first-order chi connectivity index (χ1) is 10.0. The number of nitrogens with zero attached hydrogens (tertiary/aromatic N) is 3. The zero-order valence-electron chi connectivity index (χ0n) is 12.6. The van der Waals surface area contributed by atoms with E-state index in [1.54, 1.807) is 22.7 Å². The third-order valence-corrected chi connectivity index (χ3v) is 4.70. The molecule has 1 N–H and O–H groups in total. The highest BCUT2D eigenvalue weighted by molar-refractivity contribution is 5.99. The smallest absolute Gasteiger partial charge is 0.246 e. The zero-order valence-corrected chi connectivity index (χ0v) is 12.6. The van der Waals surface area contributed by atoms with Crippen LogP contribution in [0.4, 0.5) is 0 Å². The van der Waals surface area contributed by atoms with E-state index in [-0.39, 0.29) is 11.8 Å². The van der Waals surface area contributed by atoms with E-state index in [0.29, 0.717) is 6.54 Å². The van der Waals surface area contributed by atoms with Crippen molar-refractivity contribution in [3.8, 4) is 0 Å². The van der Waals surface area contributed by atoms with Crippen molar-refractivity contribution in [3.05, 3.63) is 18.0 Å². The third-order valence-electron chi connectivity index (χ3n) is 4.70. The van der Waals surface area contributed by atoms with Gasteiger partial charge in [0.05, 0.1) is 6.20 Å². The molecule has 0 aromatic carbocycles. The van der Waals surface area contributed by atoms with Crippen molar-refractivity contribution in [3.63, 3.8) is 0 Å². The van der Waals surface area contributed by atoms with Gasteiger partial charge in [-0.3, -0.25) is 14.3 Å². The highest BCUT2D eigenvalue weighted by Crippen LogP contribution is 2.37. The van der Waals surface area contributed by atoms with Gasteiger partial charge in [-0.25, -0.2) is 0 Å². The monoisotopic (exact) mass is 290 g/mol. The van der Waals surface area contributed by atoms with Gasteiger partial charge in [0.25, 0.3) is 0 Å². The van der Waals surface area contributed by atoms with Crippen molar-refractivity contribution >= 4 is 11.8 Å². The molecule has 114 valence electrons. The van der Waals surface area contributed by atoms with Crippen molar-refractivity contribution in [2.75, 3.05) is 0 Å². The zero-order chi connectivity index (χ0) is 15.0. The lowest BCUT2D eigenvalue weighted by Crippen LogP contribution is -2.70. The number of nitrogens with one attached hydrogen (secondary N) is 1. The summed E-state index contributed by atoms with van der Waals surface area (Å²) in [5, 5.41) is 7.02. The van der Waals surface area contributed by atoms with Crippen LogP contribution in [0.1, 0.15) is 44.6 Å². The van der Waals surface area contributed by atoms with Crippen LogP contribution in [0.2, 0.25) is 0 Å². The van der Waals surface area contributed by atoms with Crippen LogP contribution < -0.4 is 5.32 Å². The Bertz CT molecular complexity index is 560. The number of rotatable bonds is 2. The minimum absolute atomic E-state index is 0.0122. The summed E-state index contributed by atoms with van der Waals surface area (Å²) >= 11 is 0. The van der Waals surface area contributed by atoms with Crippen LogP contribution in [0, 0.1) is 0 Å². The quantitative estimate of drug-likeness (QED) is 0.882. The van der Waals surface area contributed by atoms with Crippen LogP contribution in [-0.2, 0) is 23.2 Å². The lowest BCUT2D eigenvalue weighted by molar-refractivity contribution is -0.160. The molecule has 6 heteroatoms. The molecule has 3 rings (SSSR count). The second-order valence-electron chi connectivity index (χ2n) is 6.23. The number of hydrogen-bond acceptors (Lipinski definition) is 3. The van der Waals surface area contributed by atoms with Crippen LogP contribution in [0.25, 0.3) is 0 Å². The summed E-state index contributed by atoms with van der Waals surface area (Å²) in [5.41, 5.74) is 0.315. The Morgan fingerprint density at radius 1 is 1.33 bits per heavy atom. The average Bonchev–Trinajstić information content (AvgIpc) is 2.88. The maximum atomic E-state index is 12.6. The van der Waals surface area contributed by atoms with Gasteiger partial charge >= 0.3 is 0 Å². The van der Waals surface area contributed by atoms with Crippen molar-refractivity contribution < 1.29 is 9.59 Å². The van der Waals surface area contributed by atoms with Gasteiger partial charge in [-0.1, -0.05) is 19.3 Å². The van der Waals surface area contributed by atoms with Gasteiger partial charge in [0, 0.05) is 25.4 Å². The molecule has 2 amide bonds. The van der Waals surface area contributed by atoms with Gasteiger partial charge in [0.15, 0.2) is 0 Å². The summed E-state index contributed by atoms with van der Waals surface area (Å²) in [5.74, 6) is 0.0264. The molecule has 0 radical (unpaired) electrons. The predicted molar refractivity (Wildman–Crippen MR) is 77.2 cm³/mol. The Kier molecular flexibility index (Phi) is 3.47. The van der Waals surface area contributed by atoms with Crippen LogP contribution in [-0.4, -0.2) is 38.1 Å². The van der Waals surface area contributed by atoms with Crippen LogP contribution in [0.5, 0.6) is 0 Å². The molecule has 1 unspecified atom stereocenters. The van der Waals surface area contributed by atoms with E-state index in [2.05, 4.69) is 10.4 Å². The van der Waals surface area contributed by atoms with E-state index >= 15 is 0 Å². The normalized spacial score (nSPS) is 25.2. The molecule has 1 atom stereocenters. The summed E-state index contributed by atoms with van der Waals surface area (Å²) in [6, 6.07) is -0.443. The Morgan fingerprint density at radius 2 is 2.05 bits per heavy atom. The molecule has 1 aromatic rings. The molecule has 1 aliphatic heterocycles. The summed E-state index contributed by atoms with van der Waals surface area (Å²) in [7, 11) is 1.85. The number of carbonyl (C=O) groups excluding carboxylic acids is 2. The molecule has 6 nitrogen and oxygen atoms in total. The minimum Gasteiger partial charge on any atom is -0.343 e. The molecule has 1 aliphatic carbocycles. The van der Waals surface area contributed by atoms with Crippen molar-refractivity contribution in [2.45, 2.75) is 57.2 Å². The van der Waals surface area contributed by atoms with E-state index in [0.717, 1.165) is 37.7 Å². The van der Waals surface area contributed by atoms with E-state index in [1.165, 1.54) is 0 Å². The first kappa shape index (κ1) is 14.1. The van der Waals surface area contributed by atoms with Crippen molar-refractivity contribution in [1.29, 1.82) is 0 Å². The van der Waals surface area contributed by atoms with Gasteiger partial charge in [0.2, 0.25) is 11.8 Å². The van der Waals surface area contributed by atoms with Crippen LogP contribution in [0.15, 0.2) is 12.4 Å². The lowest BCUT2D eigenvalue weighted by atomic mass is 9.77. The fourth-order valence-electron chi connectivity index (χ4n) is 3.56. The molecule has 2 heterocycles. The van der Waals surface area contributed by atoms with Crippen molar-refractivity contribution in [2.24, 2.45) is 7.05 Å². The largest absolute Gasteiger partial charge is 0.343 e. The Morgan fingerprint density at radius 3 is 2.67 bits per heavy atom. The Labute approximate surface area is 124 Å². The van der Waals surface area contributed by atoms with Crippen LogP contribution in [0.3, 0.4) is 0 Å². The second-order valence-corrected chi connectivity index (χ2v) is 6.23. The van der Waals surface area contributed by atoms with Gasteiger partial charge in [-0.15, -0.1) is 0 Å². The predicted octanol–water partition coefficient (Wildman–Crippen LogP) is 0.970. The molecule has 2 fully saturated rings. The van der Waals surface area contributed by atoms with Gasteiger partial charge in [-0.2, -0.15) is 5.10 Å². The van der Waals surface area contributed by atoms with Gasteiger partial charge in [-0.05, 0) is 19.8 Å². The molecule has 1 saturated carbocycles. The number of aromatic nitrogens is 2. The first-order valence-electron chi connectivity index (χ1n) is 7.63. The van der Waals surface area contributed by atoms with Gasteiger partial charge < -0.3 is 10.2 Å². The molecule has 2 aliphatic rings. The third kappa shape index (κ3) is 2.32. The molecule has 0 bridgehead atoms. The van der Waals surface area contributed by atoms with E-state index in [4.69, 9.17) is 0 Å². The topological polar surface area (TPSA) is 67.2 Å².